The molecule has 1 aliphatic rings. The van der Waals surface area contributed by atoms with Gasteiger partial charge in [-0.3, -0.25) is 14.7 Å². The van der Waals surface area contributed by atoms with E-state index < -0.39 is 21.8 Å². The Kier molecular flexibility index (Phi) is 4.39. The van der Waals surface area contributed by atoms with Gasteiger partial charge in [0.1, 0.15) is 0 Å². The fourth-order valence-corrected chi connectivity index (χ4v) is 4.15. The minimum Gasteiger partial charge on any atom is -0.481 e. The summed E-state index contributed by atoms with van der Waals surface area (Å²) >= 11 is 0. The van der Waals surface area contributed by atoms with Crippen molar-refractivity contribution in [2.24, 2.45) is 0 Å². The maximum absolute atomic E-state index is 11.7. The quantitative estimate of drug-likeness (QED) is 0.881. The zero-order chi connectivity index (χ0) is 14.8. The lowest BCUT2D eigenvalue weighted by atomic mass is 10.1. The number of aromatic nitrogens is 1. The molecule has 0 radical (unpaired) electrons. The van der Waals surface area contributed by atoms with Gasteiger partial charge in [-0.2, -0.15) is 0 Å². The summed E-state index contributed by atoms with van der Waals surface area (Å²) < 4.78 is 23.4. The van der Waals surface area contributed by atoms with Crippen LogP contribution in [0.15, 0.2) is 24.5 Å². The lowest BCUT2D eigenvalue weighted by molar-refractivity contribution is -0.138. The van der Waals surface area contributed by atoms with Crippen LogP contribution < -0.4 is 0 Å². The summed E-state index contributed by atoms with van der Waals surface area (Å²) in [6.07, 6.45) is 3.24. The molecule has 1 aromatic rings. The van der Waals surface area contributed by atoms with Gasteiger partial charge in [0, 0.05) is 31.0 Å². The van der Waals surface area contributed by atoms with Crippen molar-refractivity contribution in [2.45, 2.75) is 25.4 Å². The van der Waals surface area contributed by atoms with E-state index in [1.165, 1.54) is 0 Å². The van der Waals surface area contributed by atoms with E-state index in [0.717, 1.165) is 5.56 Å². The number of hydrogen-bond donors (Lipinski definition) is 1. The molecule has 0 aliphatic carbocycles. The molecule has 110 valence electrons. The highest BCUT2D eigenvalue weighted by molar-refractivity contribution is 7.91. The Morgan fingerprint density at radius 2 is 2.35 bits per heavy atom. The van der Waals surface area contributed by atoms with Crippen LogP contribution in [-0.4, -0.2) is 53.5 Å². The molecule has 1 aromatic heterocycles. The molecule has 2 heterocycles. The smallest absolute Gasteiger partial charge is 0.304 e. The molecule has 0 spiro atoms. The Balaban J connectivity index is 2.21. The highest BCUT2D eigenvalue weighted by Crippen LogP contribution is 2.26. The van der Waals surface area contributed by atoms with E-state index in [1.807, 2.05) is 24.0 Å². The molecule has 20 heavy (non-hydrogen) atoms. The van der Waals surface area contributed by atoms with E-state index in [0.29, 0.717) is 6.54 Å². The summed E-state index contributed by atoms with van der Waals surface area (Å²) in [5.41, 5.74) is 0.960. The summed E-state index contributed by atoms with van der Waals surface area (Å²) in [4.78, 5) is 17.0. The van der Waals surface area contributed by atoms with Crippen molar-refractivity contribution in [1.29, 1.82) is 0 Å². The van der Waals surface area contributed by atoms with Gasteiger partial charge < -0.3 is 5.11 Å². The van der Waals surface area contributed by atoms with Crippen LogP contribution in [-0.2, 0) is 14.6 Å². The summed E-state index contributed by atoms with van der Waals surface area (Å²) in [7, 11) is -3.15. The predicted octanol–water partition coefficient (Wildman–Crippen LogP) is 0.716. The topological polar surface area (TPSA) is 87.6 Å². The summed E-state index contributed by atoms with van der Waals surface area (Å²) in [5.74, 6) is -0.993. The second-order valence-electron chi connectivity index (χ2n) is 5.07. The van der Waals surface area contributed by atoms with Crippen LogP contribution in [0.1, 0.15) is 24.9 Å². The number of carboxylic acids is 1. The van der Waals surface area contributed by atoms with Crippen molar-refractivity contribution in [3.05, 3.63) is 30.1 Å². The third-order valence-corrected chi connectivity index (χ3v) is 5.35. The van der Waals surface area contributed by atoms with Gasteiger partial charge in [0.15, 0.2) is 9.84 Å². The highest BCUT2D eigenvalue weighted by Gasteiger charge is 2.35. The zero-order valence-corrected chi connectivity index (χ0v) is 12.1. The SMILES string of the molecule is CC(c1cccnc1)N1CCS(=O)(=O)CC1CC(=O)O. The molecule has 0 bridgehead atoms. The van der Waals surface area contributed by atoms with E-state index in [4.69, 9.17) is 5.11 Å². The number of carbonyl (C=O) groups is 1. The first-order chi connectivity index (χ1) is 9.39. The van der Waals surface area contributed by atoms with Crippen LogP contribution >= 0.6 is 0 Å². The monoisotopic (exact) mass is 298 g/mol. The van der Waals surface area contributed by atoms with E-state index in [-0.39, 0.29) is 24.0 Å². The molecule has 2 atom stereocenters. The van der Waals surface area contributed by atoms with Gasteiger partial charge in [0.05, 0.1) is 17.9 Å². The van der Waals surface area contributed by atoms with Gasteiger partial charge in [0.25, 0.3) is 0 Å². The molecule has 2 rings (SSSR count). The molecule has 1 N–H and O–H groups in total. The molecular formula is C13H18N2O4S. The van der Waals surface area contributed by atoms with Gasteiger partial charge in [-0.25, -0.2) is 8.42 Å². The second kappa shape index (κ2) is 5.88. The molecular weight excluding hydrogens is 280 g/mol. The Hall–Kier alpha value is -1.47. The van der Waals surface area contributed by atoms with Crippen molar-refractivity contribution in [2.75, 3.05) is 18.1 Å². The average Bonchev–Trinajstić information content (AvgIpc) is 2.37. The van der Waals surface area contributed by atoms with E-state index >= 15 is 0 Å². The van der Waals surface area contributed by atoms with Gasteiger partial charge in [-0.05, 0) is 18.6 Å². The highest BCUT2D eigenvalue weighted by atomic mass is 32.2. The summed E-state index contributed by atoms with van der Waals surface area (Å²) in [6.45, 7) is 2.31. The largest absolute Gasteiger partial charge is 0.481 e. The molecule has 6 nitrogen and oxygen atoms in total. The fraction of sp³-hybridized carbons (Fsp3) is 0.538. The van der Waals surface area contributed by atoms with E-state index in [1.54, 1.807) is 12.4 Å². The Bertz CT molecular complexity index is 573. The molecule has 0 saturated carbocycles. The van der Waals surface area contributed by atoms with Crippen LogP contribution in [0.3, 0.4) is 0 Å². The van der Waals surface area contributed by atoms with Gasteiger partial charge in [0.2, 0.25) is 0 Å². The van der Waals surface area contributed by atoms with E-state index in [9.17, 15) is 13.2 Å². The van der Waals surface area contributed by atoms with Crippen LogP contribution in [0.5, 0.6) is 0 Å². The number of nitrogens with zero attached hydrogens (tertiary/aromatic N) is 2. The lowest BCUT2D eigenvalue weighted by Crippen LogP contribution is -2.50. The minimum atomic E-state index is -3.15. The molecule has 7 heteroatoms. The number of aliphatic carboxylic acids is 1. The van der Waals surface area contributed by atoms with Crippen molar-refractivity contribution in [1.82, 2.24) is 9.88 Å². The molecule has 1 fully saturated rings. The number of pyridine rings is 1. The summed E-state index contributed by atoms with van der Waals surface area (Å²) in [6, 6.07) is 3.20. The minimum absolute atomic E-state index is 0.0523. The second-order valence-corrected chi connectivity index (χ2v) is 7.29. The zero-order valence-electron chi connectivity index (χ0n) is 11.3. The maximum Gasteiger partial charge on any atom is 0.304 e. The van der Waals surface area contributed by atoms with Gasteiger partial charge in [-0.1, -0.05) is 6.07 Å². The van der Waals surface area contributed by atoms with Crippen LogP contribution in [0, 0.1) is 0 Å². The number of hydrogen-bond acceptors (Lipinski definition) is 5. The van der Waals surface area contributed by atoms with Crippen molar-refractivity contribution >= 4 is 15.8 Å². The first kappa shape index (κ1) is 14.9. The maximum atomic E-state index is 11.7. The number of rotatable bonds is 4. The Morgan fingerprint density at radius 1 is 1.60 bits per heavy atom. The van der Waals surface area contributed by atoms with Crippen LogP contribution in [0.4, 0.5) is 0 Å². The molecule has 0 amide bonds. The third-order valence-electron chi connectivity index (χ3n) is 3.65. The van der Waals surface area contributed by atoms with Gasteiger partial charge >= 0.3 is 5.97 Å². The summed E-state index contributed by atoms with van der Waals surface area (Å²) in [5, 5.41) is 8.97. The molecule has 1 saturated heterocycles. The van der Waals surface area contributed by atoms with Crippen LogP contribution in [0.25, 0.3) is 0 Å². The normalized spacial score (nSPS) is 24.1. The first-order valence-corrected chi connectivity index (χ1v) is 8.29. The van der Waals surface area contributed by atoms with Crippen molar-refractivity contribution in [3.8, 4) is 0 Å². The number of sulfone groups is 1. The van der Waals surface area contributed by atoms with Crippen molar-refractivity contribution in [3.63, 3.8) is 0 Å². The molecule has 0 aromatic carbocycles. The fourth-order valence-electron chi connectivity index (χ4n) is 2.60. The molecule has 2 unspecified atom stereocenters. The van der Waals surface area contributed by atoms with Gasteiger partial charge in [-0.15, -0.1) is 0 Å². The van der Waals surface area contributed by atoms with Crippen LogP contribution in [0.2, 0.25) is 0 Å². The Labute approximate surface area is 118 Å². The number of carboxylic acid groups (broad SMARTS) is 1. The first-order valence-electron chi connectivity index (χ1n) is 6.47. The molecule has 1 aliphatic heterocycles. The third kappa shape index (κ3) is 3.55. The Morgan fingerprint density at radius 3 is 2.95 bits per heavy atom. The van der Waals surface area contributed by atoms with E-state index in [2.05, 4.69) is 4.98 Å². The van der Waals surface area contributed by atoms with Crippen molar-refractivity contribution < 1.29 is 18.3 Å². The predicted molar refractivity (Wildman–Crippen MR) is 74.1 cm³/mol. The average molecular weight is 298 g/mol. The lowest BCUT2D eigenvalue weighted by Gasteiger charge is -2.39. The standard InChI is InChI=1S/C13H18N2O4S/c1-10(11-3-2-4-14-8-11)15-5-6-20(18,19)9-12(15)7-13(16)17/h2-4,8,10,12H,5-7,9H2,1H3,(H,16,17).